The number of sulfonamides is 1. The number of benzene rings is 1. The van der Waals surface area contributed by atoms with Crippen molar-refractivity contribution in [3.05, 3.63) is 32.8 Å². The first-order valence-corrected chi connectivity index (χ1v) is 9.48. The summed E-state index contributed by atoms with van der Waals surface area (Å²) in [4.78, 5) is 9.90. The summed E-state index contributed by atoms with van der Waals surface area (Å²) in [6.45, 7) is 1.61. The molecule has 1 aromatic rings. The van der Waals surface area contributed by atoms with Crippen molar-refractivity contribution in [3.8, 4) is 0 Å². The molecule has 0 aliphatic heterocycles. The molecule has 0 bridgehead atoms. The molecule has 10 heteroatoms. The second-order valence-corrected chi connectivity index (χ2v) is 8.05. The predicted molar refractivity (Wildman–Crippen MR) is 81.6 cm³/mol. The molecule has 0 heterocycles. The molecule has 0 amide bonds. The van der Waals surface area contributed by atoms with Crippen molar-refractivity contribution in [2.75, 3.05) is 18.6 Å². The quantitative estimate of drug-likeness (QED) is 0.454. The van der Waals surface area contributed by atoms with E-state index in [1.807, 2.05) is 0 Å². The van der Waals surface area contributed by atoms with Crippen molar-refractivity contribution in [2.24, 2.45) is 0 Å². The predicted octanol–water partition coefficient (Wildman–Crippen LogP) is 1.60. The Labute approximate surface area is 130 Å². The third-order valence-electron chi connectivity index (χ3n) is 2.63. The van der Waals surface area contributed by atoms with Crippen LogP contribution in [0.4, 0.5) is 5.69 Å². The highest BCUT2D eigenvalue weighted by molar-refractivity contribution is 7.89. The maximum Gasteiger partial charge on any atom is 0.289 e. The second-order valence-electron chi connectivity index (χ2n) is 4.35. The van der Waals surface area contributed by atoms with Crippen molar-refractivity contribution in [1.82, 2.24) is 4.72 Å². The van der Waals surface area contributed by atoms with Crippen molar-refractivity contribution in [3.63, 3.8) is 0 Å². The van der Waals surface area contributed by atoms with E-state index in [1.165, 1.54) is 19.2 Å². The number of rotatable bonds is 7. The molecule has 0 aliphatic carbocycles. The summed E-state index contributed by atoms with van der Waals surface area (Å²) < 4.78 is 37.5. The van der Waals surface area contributed by atoms with Gasteiger partial charge in [0.2, 0.25) is 10.0 Å². The largest absolute Gasteiger partial charge is 0.289 e. The zero-order valence-electron chi connectivity index (χ0n) is 11.5. The Morgan fingerprint density at radius 3 is 2.57 bits per heavy atom. The standard InChI is InChI=1S/C11H15ClN2O5S2/c1-8-6-9(12)10(14(15)16)7-11(8)21(18,19)13-4-3-5-20(2)17/h6-7,13H,3-5H2,1-2H3. The van der Waals surface area contributed by atoms with Crippen LogP contribution in [0.3, 0.4) is 0 Å². The fourth-order valence-corrected chi connectivity index (χ4v) is 3.79. The minimum Gasteiger partial charge on any atom is -0.260 e. The summed E-state index contributed by atoms with van der Waals surface area (Å²) in [6, 6.07) is 2.19. The van der Waals surface area contributed by atoms with Gasteiger partial charge in [0.1, 0.15) is 5.02 Å². The van der Waals surface area contributed by atoms with E-state index in [-0.39, 0.29) is 16.5 Å². The molecule has 0 fully saturated rings. The van der Waals surface area contributed by atoms with Gasteiger partial charge in [-0.25, -0.2) is 13.1 Å². The summed E-state index contributed by atoms with van der Waals surface area (Å²) >= 11 is 5.72. The van der Waals surface area contributed by atoms with Crippen LogP contribution in [0.15, 0.2) is 17.0 Å². The van der Waals surface area contributed by atoms with Gasteiger partial charge < -0.3 is 0 Å². The minimum atomic E-state index is -3.87. The molecule has 1 aromatic carbocycles. The smallest absolute Gasteiger partial charge is 0.260 e. The van der Waals surface area contributed by atoms with Crippen LogP contribution in [0.25, 0.3) is 0 Å². The summed E-state index contributed by atoms with van der Waals surface area (Å²) in [7, 11) is -4.87. The maximum absolute atomic E-state index is 12.1. The number of halogens is 1. The zero-order valence-corrected chi connectivity index (χ0v) is 13.8. The van der Waals surface area contributed by atoms with E-state index >= 15 is 0 Å². The number of nitrogens with one attached hydrogen (secondary N) is 1. The average molecular weight is 355 g/mol. The first-order valence-electron chi connectivity index (χ1n) is 5.89. The molecular formula is C11H15ClN2O5S2. The van der Waals surface area contributed by atoms with Gasteiger partial charge in [-0.1, -0.05) is 11.6 Å². The van der Waals surface area contributed by atoms with E-state index in [2.05, 4.69) is 4.72 Å². The minimum absolute atomic E-state index is 0.109. The highest BCUT2D eigenvalue weighted by atomic mass is 35.5. The lowest BCUT2D eigenvalue weighted by molar-refractivity contribution is -0.384. The topological polar surface area (TPSA) is 106 Å². The van der Waals surface area contributed by atoms with Crippen LogP contribution in [0, 0.1) is 17.0 Å². The first-order chi connectivity index (χ1) is 9.65. The number of nitrogens with zero attached hydrogens (tertiary/aromatic N) is 1. The summed E-state index contributed by atoms with van der Waals surface area (Å²) in [5.41, 5.74) is -0.144. The molecule has 21 heavy (non-hydrogen) atoms. The van der Waals surface area contributed by atoms with Gasteiger partial charge in [-0.3, -0.25) is 14.3 Å². The fraction of sp³-hybridized carbons (Fsp3) is 0.455. The van der Waals surface area contributed by atoms with Crippen molar-refractivity contribution >= 4 is 38.1 Å². The Balaban J connectivity index is 3.00. The molecule has 0 aliphatic rings. The zero-order chi connectivity index (χ0) is 16.2. The molecule has 1 unspecified atom stereocenters. The molecule has 0 saturated carbocycles. The van der Waals surface area contributed by atoms with Crippen LogP contribution in [-0.4, -0.2) is 36.1 Å². The van der Waals surface area contributed by atoms with Gasteiger partial charge in [-0.2, -0.15) is 0 Å². The number of aryl methyl sites for hydroxylation is 1. The Morgan fingerprint density at radius 2 is 2.05 bits per heavy atom. The lowest BCUT2D eigenvalue weighted by atomic mass is 10.2. The molecule has 0 radical (unpaired) electrons. The van der Waals surface area contributed by atoms with Gasteiger partial charge in [0, 0.05) is 35.4 Å². The van der Waals surface area contributed by atoms with Gasteiger partial charge in [-0.15, -0.1) is 0 Å². The molecule has 0 spiro atoms. The van der Waals surface area contributed by atoms with Crippen LogP contribution in [0.1, 0.15) is 12.0 Å². The van der Waals surface area contributed by atoms with Gasteiger partial charge in [0.25, 0.3) is 5.69 Å². The van der Waals surface area contributed by atoms with Crippen LogP contribution in [0.5, 0.6) is 0 Å². The Bertz CT molecular complexity index is 675. The molecule has 1 N–H and O–H groups in total. The third-order valence-corrected chi connectivity index (χ3v) is 5.40. The van der Waals surface area contributed by atoms with Gasteiger partial charge in [0.15, 0.2) is 0 Å². The summed E-state index contributed by atoms with van der Waals surface area (Å²) in [5.74, 6) is 0.377. The Morgan fingerprint density at radius 1 is 1.43 bits per heavy atom. The molecule has 0 aromatic heterocycles. The van der Waals surface area contributed by atoms with Crippen molar-refractivity contribution < 1.29 is 17.6 Å². The monoisotopic (exact) mass is 354 g/mol. The average Bonchev–Trinajstić information content (AvgIpc) is 2.33. The number of nitro groups is 1. The van der Waals surface area contributed by atoms with Crippen molar-refractivity contribution in [1.29, 1.82) is 0 Å². The van der Waals surface area contributed by atoms with Crippen LogP contribution in [-0.2, 0) is 20.8 Å². The second kappa shape index (κ2) is 7.30. The van der Waals surface area contributed by atoms with Crippen LogP contribution < -0.4 is 4.72 Å². The van der Waals surface area contributed by atoms with Gasteiger partial charge in [-0.05, 0) is 25.0 Å². The van der Waals surface area contributed by atoms with Crippen LogP contribution in [0.2, 0.25) is 5.02 Å². The number of hydrogen-bond donors (Lipinski definition) is 1. The molecular weight excluding hydrogens is 340 g/mol. The number of hydrogen-bond acceptors (Lipinski definition) is 5. The highest BCUT2D eigenvalue weighted by Gasteiger charge is 2.23. The number of nitro benzene ring substituents is 1. The highest BCUT2D eigenvalue weighted by Crippen LogP contribution is 2.29. The molecule has 118 valence electrons. The first kappa shape index (κ1) is 18.0. The maximum atomic E-state index is 12.1. The SMILES string of the molecule is Cc1cc(Cl)c([N+](=O)[O-])cc1S(=O)(=O)NCCCS(C)=O. The lowest BCUT2D eigenvalue weighted by Gasteiger charge is -2.09. The van der Waals surface area contributed by atoms with E-state index < -0.39 is 31.4 Å². The molecule has 1 rings (SSSR count). The summed E-state index contributed by atoms with van der Waals surface area (Å²) in [5, 5.41) is 10.7. The summed E-state index contributed by atoms with van der Waals surface area (Å²) in [6.07, 6.45) is 1.94. The van der Waals surface area contributed by atoms with E-state index in [4.69, 9.17) is 11.6 Å². The lowest BCUT2D eigenvalue weighted by Crippen LogP contribution is -2.26. The third kappa shape index (κ3) is 5.03. The fourth-order valence-electron chi connectivity index (χ4n) is 1.63. The molecule has 7 nitrogen and oxygen atoms in total. The van der Waals surface area contributed by atoms with Crippen LogP contribution >= 0.6 is 11.6 Å². The van der Waals surface area contributed by atoms with E-state index in [0.717, 1.165) is 6.07 Å². The Hall–Kier alpha value is -1.03. The van der Waals surface area contributed by atoms with E-state index in [1.54, 1.807) is 0 Å². The van der Waals surface area contributed by atoms with Crippen molar-refractivity contribution in [2.45, 2.75) is 18.2 Å². The van der Waals surface area contributed by atoms with E-state index in [9.17, 15) is 22.7 Å². The van der Waals surface area contributed by atoms with Gasteiger partial charge >= 0.3 is 0 Å². The molecule has 1 atom stereocenters. The molecule has 0 saturated heterocycles. The Kier molecular flexibility index (Phi) is 6.26. The van der Waals surface area contributed by atoms with Gasteiger partial charge in [0.05, 0.1) is 9.82 Å². The van der Waals surface area contributed by atoms with E-state index in [0.29, 0.717) is 17.7 Å². The normalized spacial score (nSPS) is 13.1.